The quantitative estimate of drug-likeness (QED) is 0.789. The van der Waals surface area contributed by atoms with Gasteiger partial charge in [-0.3, -0.25) is 4.90 Å². The lowest BCUT2D eigenvalue weighted by Gasteiger charge is -2.35. The second kappa shape index (κ2) is 5.37. The van der Waals surface area contributed by atoms with Crippen LogP contribution in [0.3, 0.4) is 0 Å². The normalized spacial score (nSPS) is 19.6. The predicted molar refractivity (Wildman–Crippen MR) is 68.0 cm³/mol. The van der Waals surface area contributed by atoms with Crippen LogP contribution in [0.15, 0.2) is 18.3 Å². The van der Waals surface area contributed by atoms with Gasteiger partial charge in [0.2, 0.25) is 0 Å². The van der Waals surface area contributed by atoms with Crippen LogP contribution in [0.25, 0.3) is 0 Å². The van der Waals surface area contributed by atoms with E-state index in [1.165, 1.54) is 18.9 Å². The largest absolute Gasteiger partial charge is 0.360 e. The van der Waals surface area contributed by atoms with Crippen molar-refractivity contribution in [2.24, 2.45) is 0 Å². The van der Waals surface area contributed by atoms with E-state index >= 15 is 0 Å². The minimum Gasteiger partial charge on any atom is -0.360 e. The molecule has 0 spiro atoms. The first-order valence-corrected chi connectivity index (χ1v) is 6.06. The molecule has 0 radical (unpaired) electrons. The molecule has 1 aliphatic rings. The smallest absolute Gasteiger partial charge is 0.105 e. The fourth-order valence-corrected chi connectivity index (χ4v) is 2.29. The minimum absolute atomic E-state index is 0.607. The van der Waals surface area contributed by atoms with Gasteiger partial charge < -0.3 is 15.2 Å². The molecule has 2 rings (SSSR count). The zero-order valence-electron chi connectivity index (χ0n) is 10.2. The van der Waals surface area contributed by atoms with Crippen molar-refractivity contribution in [3.63, 3.8) is 0 Å². The van der Waals surface area contributed by atoms with Gasteiger partial charge in [0.05, 0.1) is 0 Å². The molecule has 1 aliphatic heterocycles. The first-order chi connectivity index (χ1) is 7.77. The molecular weight excluding hydrogens is 200 g/mol. The van der Waals surface area contributed by atoms with Crippen LogP contribution in [0.2, 0.25) is 0 Å². The fraction of sp³-hybridized carbons (Fsp3) is 0.667. The van der Waals surface area contributed by atoms with E-state index in [9.17, 15) is 0 Å². The molecule has 0 bridgehead atoms. The van der Waals surface area contributed by atoms with Crippen LogP contribution in [0.1, 0.15) is 6.92 Å². The molecule has 1 aromatic rings. The molecule has 2 N–H and O–H groups in total. The number of H-pyrrole nitrogens is 1. The number of likely N-dealkylation sites (N-methyl/N-ethyl adjacent to an activating group) is 1. The van der Waals surface area contributed by atoms with Gasteiger partial charge in [-0.25, -0.2) is 0 Å². The summed E-state index contributed by atoms with van der Waals surface area (Å²) in [7, 11) is 2.14. The van der Waals surface area contributed by atoms with Crippen molar-refractivity contribution in [2.75, 3.05) is 44.7 Å². The Kier molecular flexibility index (Phi) is 3.85. The van der Waals surface area contributed by atoms with E-state index in [0.29, 0.717) is 6.04 Å². The number of hydrogen-bond donors (Lipinski definition) is 2. The Morgan fingerprint density at radius 3 is 2.81 bits per heavy atom. The van der Waals surface area contributed by atoms with Gasteiger partial charge in [-0.15, -0.1) is 0 Å². The summed E-state index contributed by atoms with van der Waals surface area (Å²) in [5, 5.41) is 3.39. The Labute approximate surface area is 97.6 Å². The molecule has 4 heteroatoms. The van der Waals surface area contributed by atoms with Gasteiger partial charge in [0.1, 0.15) is 5.82 Å². The van der Waals surface area contributed by atoms with Gasteiger partial charge in [0.15, 0.2) is 0 Å². The lowest BCUT2D eigenvalue weighted by Crippen LogP contribution is -2.50. The number of anilines is 1. The first kappa shape index (κ1) is 11.5. The van der Waals surface area contributed by atoms with E-state index in [1.807, 2.05) is 12.3 Å². The van der Waals surface area contributed by atoms with Crippen LogP contribution < -0.4 is 10.2 Å². The Balaban J connectivity index is 1.84. The number of aromatic amines is 1. The van der Waals surface area contributed by atoms with E-state index in [4.69, 9.17) is 0 Å². The number of nitrogens with zero attached hydrogens (tertiary/aromatic N) is 2. The third-order valence-electron chi connectivity index (χ3n) is 3.31. The van der Waals surface area contributed by atoms with Gasteiger partial charge in [-0.05, 0) is 19.1 Å². The number of nitrogens with one attached hydrogen (secondary N) is 2. The van der Waals surface area contributed by atoms with Gasteiger partial charge >= 0.3 is 0 Å². The minimum atomic E-state index is 0.607. The van der Waals surface area contributed by atoms with Gasteiger partial charge in [-0.2, -0.15) is 0 Å². The molecule has 1 saturated heterocycles. The molecular formula is C12H22N4. The number of hydrogen-bond acceptors (Lipinski definition) is 3. The molecule has 16 heavy (non-hydrogen) atoms. The van der Waals surface area contributed by atoms with Crippen LogP contribution >= 0.6 is 0 Å². The summed E-state index contributed by atoms with van der Waals surface area (Å²) in [5.41, 5.74) is 0. The standard InChI is InChI=1S/C12H22N4/c1-11(16-8-6-13-7-9-16)10-15(2)12-4-3-5-14-12/h3-5,11,13-14H,6-10H2,1-2H3. The molecule has 2 heterocycles. The Bertz CT molecular complexity index is 290. The summed E-state index contributed by atoms with van der Waals surface area (Å²) in [5.74, 6) is 1.20. The summed E-state index contributed by atoms with van der Waals surface area (Å²) >= 11 is 0. The van der Waals surface area contributed by atoms with E-state index in [1.54, 1.807) is 0 Å². The molecule has 1 aromatic heterocycles. The average Bonchev–Trinajstić information content (AvgIpc) is 2.83. The van der Waals surface area contributed by atoms with Crippen LogP contribution in [0.4, 0.5) is 5.82 Å². The molecule has 1 atom stereocenters. The molecule has 0 amide bonds. The number of rotatable bonds is 4. The highest BCUT2D eigenvalue weighted by atomic mass is 15.3. The Hall–Kier alpha value is -1.00. The van der Waals surface area contributed by atoms with Gasteiger partial charge in [0.25, 0.3) is 0 Å². The molecule has 0 aromatic carbocycles. The SMILES string of the molecule is CC(CN(C)c1ccc[nH]1)N1CCNCC1. The van der Waals surface area contributed by atoms with Crippen molar-refractivity contribution in [2.45, 2.75) is 13.0 Å². The molecule has 90 valence electrons. The summed E-state index contributed by atoms with van der Waals surface area (Å²) in [4.78, 5) is 8.08. The van der Waals surface area contributed by atoms with E-state index in [0.717, 1.165) is 19.6 Å². The van der Waals surface area contributed by atoms with E-state index in [-0.39, 0.29) is 0 Å². The van der Waals surface area contributed by atoms with Crippen molar-refractivity contribution < 1.29 is 0 Å². The number of piperazine rings is 1. The van der Waals surface area contributed by atoms with E-state index < -0.39 is 0 Å². The monoisotopic (exact) mass is 222 g/mol. The summed E-state index contributed by atoms with van der Waals surface area (Å²) in [6.45, 7) is 7.96. The highest BCUT2D eigenvalue weighted by Gasteiger charge is 2.17. The molecule has 0 aliphatic carbocycles. The fourth-order valence-electron chi connectivity index (χ4n) is 2.29. The maximum atomic E-state index is 3.39. The first-order valence-electron chi connectivity index (χ1n) is 6.06. The van der Waals surface area contributed by atoms with Gasteiger partial charge in [-0.1, -0.05) is 0 Å². The van der Waals surface area contributed by atoms with Gasteiger partial charge in [0, 0.05) is 52.0 Å². The molecule has 0 saturated carbocycles. The molecule has 1 fully saturated rings. The summed E-state index contributed by atoms with van der Waals surface area (Å²) in [6, 6.07) is 4.77. The maximum Gasteiger partial charge on any atom is 0.105 e. The average molecular weight is 222 g/mol. The van der Waals surface area contributed by atoms with Crippen molar-refractivity contribution in [1.82, 2.24) is 15.2 Å². The second-order valence-corrected chi connectivity index (χ2v) is 4.57. The lowest BCUT2D eigenvalue weighted by molar-refractivity contribution is 0.187. The Morgan fingerprint density at radius 2 is 2.19 bits per heavy atom. The van der Waals surface area contributed by atoms with Crippen LogP contribution in [-0.2, 0) is 0 Å². The van der Waals surface area contributed by atoms with Crippen molar-refractivity contribution >= 4 is 5.82 Å². The van der Waals surface area contributed by atoms with Crippen molar-refractivity contribution in [1.29, 1.82) is 0 Å². The van der Waals surface area contributed by atoms with Crippen molar-refractivity contribution in [3.8, 4) is 0 Å². The lowest BCUT2D eigenvalue weighted by atomic mass is 10.2. The van der Waals surface area contributed by atoms with Crippen LogP contribution in [0.5, 0.6) is 0 Å². The molecule has 1 unspecified atom stereocenters. The summed E-state index contributed by atoms with van der Waals surface area (Å²) < 4.78 is 0. The van der Waals surface area contributed by atoms with Crippen LogP contribution in [-0.4, -0.2) is 55.7 Å². The third kappa shape index (κ3) is 2.77. The molecule has 4 nitrogen and oxygen atoms in total. The predicted octanol–water partition coefficient (Wildman–Crippen LogP) is 0.745. The zero-order chi connectivity index (χ0) is 11.4. The van der Waals surface area contributed by atoms with Crippen LogP contribution in [0, 0.1) is 0 Å². The Morgan fingerprint density at radius 1 is 1.44 bits per heavy atom. The number of aromatic nitrogens is 1. The zero-order valence-corrected chi connectivity index (χ0v) is 10.2. The highest BCUT2D eigenvalue weighted by molar-refractivity contribution is 5.37. The second-order valence-electron chi connectivity index (χ2n) is 4.57. The maximum absolute atomic E-state index is 3.39. The highest BCUT2D eigenvalue weighted by Crippen LogP contribution is 2.10. The van der Waals surface area contributed by atoms with Crippen molar-refractivity contribution in [3.05, 3.63) is 18.3 Å². The van der Waals surface area contributed by atoms with E-state index in [2.05, 4.69) is 40.1 Å². The summed E-state index contributed by atoms with van der Waals surface area (Å²) in [6.07, 6.45) is 1.97. The third-order valence-corrected chi connectivity index (χ3v) is 3.31. The topological polar surface area (TPSA) is 34.3 Å².